The second kappa shape index (κ2) is 8.55. The average Bonchev–Trinajstić information content (AvgIpc) is 2.65. The van der Waals surface area contributed by atoms with Crippen molar-refractivity contribution in [2.75, 3.05) is 0 Å². The minimum absolute atomic E-state index is 0.134. The topological polar surface area (TPSA) is 66.8 Å². The maximum Gasteiger partial charge on any atom is 0.307 e. The van der Waals surface area contributed by atoms with Crippen LogP contribution in [0.15, 0.2) is 54.6 Å². The van der Waals surface area contributed by atoms with E-state index in [0.717, 1.165) is 17.5 Å². The summed E-state index contributed by atoms with van der Waals surface area (Å²) in [4.78, 5) is 10.9. The van der Waals surface area contributed by atoms with E-state index in [1.54, 1.807) is 18.2 Å². The van der Waals surface area contributed by atoms with Gasteiger partial charge in [0.2, 0.25) is 0 Å². The smallest absolute Gasteiger partial charge is 0.307 e. The lowest BCUT2D eigenvalue weighted by atomic mass is 10.0. The fourth-order valence-electron chi connectivity index (χ4n) is 2.87. The summed E-state index contributed by atoms with van der Waals surface area (Å²) in [5, 5.41) is 19.6. The van der Waals surface area contributed by atoms with Crippen LogP contribution >= 0.6 is 23.2 Å². The molecule has 0 fully saturated rings. The average molecular weight is 417 g/mol. The quantitative estimate of drug-likeness (QED) is 0.491. The minimum atomic E-state index is -0.974. The highest BCUT2D eigenvalue weighted by Gasteiger charge is 2.14. The largest absolute Gasteiger partial charge is 0.507 e. The number of hydrogen-bond acceptors (Lipinski definition) is 3. The summed E-state index contributed by atoms with van der Waals surface area (Å²) in [6, 6.07) is 15.8. The lowest BCUT2D eigenvalue weighted by Gasteiger charge is -2.13. The first kappa shape index (κ1) is 20.1. The van der Waals surface area contributed by atoms with Crippen LogP contribution in [0.1, 0.15) is 18.1 Å². The maximum absolute atomic E-state index is 10.9. The molecule has 6 heteroatoms. The highest BCUT2D eigenvalue weighted by atomic mass is 35.5. The second-order valence-electron chi connectivity index (χ2n) is 6.29. The van der Waals surface area contributed by atoms with Gasteiger partial charge in [-0.1, -0.05) is 54.4 Å². The molecule has 0 heterocycles. The first-order valence-electron chi connectivity index (χ1n) is 8.67. The Morgan fingerprint density at radius 3 is 2.36 bits per heavy atom. The van der Waals surface area contributed by atoms with Crippen molar-refractivity contribution in [3.05, 3.63) is 75.8 Å². The monoisotopic (exact) mass is 416 g/mol. The third-order valence-corrected chi connectivity index (χ3v) is 4.81. The Morgan fingerprint density at radius 1 is 1.00 bits per heavy atom. The first-order chi connectivity index (χ1) is 13.4. The molecule has 3 rings (SSSR count). The molecular formula is C22H18Cl2O4. The zero-order chi connectivity index (χ0) is 20.3. The Kier molecular flexibility index (Phi) is 6.12. The van der Waals surface area contributed by atoms with Crippen LogP contribution in [0.25, 0.3) is 11.1 Å². The van der Waals surface area contributed by atoms with Gasteiger partial charge >= 0.3 is 5.97 Å². The predicted octanol–water partition coefficient (Wildman–Crippen LogP) is 6.35. The lowest BCUT2D eigenvalue weighted by Crippen LogP contribution is -2.00. The van der Waals surface area contributed by atoms with Gasteiger partial charge in [0.1, 0.15) is 11.5 Å². The molecule has 0 radical (unpaired) electrons. The van der Waals surface area contributed by atoms with E-state index in [4.69, 9.17) is 33.0 Å². The molecule has 2 N–H and O–H groups in total. The number of aliphatic carboxylic acids is 1. The molecule has 4 nitrogen and oxygen atoms in total. The summed E-state index contributed by atoms with van der Waals surface area (Å²) in [6.07, 6.45) is 0.704. The molecule has 0 aliphatic heterocycles. The number of aromatic hydroxyl groups is 1. The van der Waals surface area contributed by atoms with Crippen molar-refractivity contribution in [2.24, 2.45) is 0 Å². The number of aryl methyl sites for hydroxylation is 1. The Morgan fingerprint density at radius 2 is 1.71 bits per heavy atom. The number of carboxylic acid groups (broad SMARTS) is 1. The SMILES string of the molecule is CCc1cccc(-c2cc(Oc3c(Cl)cc(CC(=O)O)cc3Cl)ccc2O)c1. The van der Waals surface area contributed by atoms with Gasteiger partial charge < -0.3 is 14.9 Å². The Balaban J connectivity index is 1.94. The highest BCUT2D eigenvalue weighted by Crippen LogP contribution is 2.40. The van der Waals surface area contributed by atoms with E-state index in [0.29, 0.717) is 16.9 Å². The third-order valence-electron chi connectivity index (χ3n) is 4.25. The summed E-state index contributed by atoms with van der Waals surface area (Å²) >= 11 is 12.5. The number of phenolic OH excluding ortho intramolecular Hbond substituents is 1. The number of carboxylic acids is 1. The van der Waals surface area contributed by atoms with Crippen LogP contribution in [-0.4, -0.2) is 16.2 Å². The van der Waals surface area contributed by atoms with Crippen LogP contribution < -0.4 is 4.74 Å². The van der Waals surface area contributed by atoms with Crippen LogP contribution in [0.3, 0.4) is 0 Å². The molecule has 0 aromatic heterocycles. The van der Waals surface area contributed by atoms with E-state index < -0.39 is 5.97 Å². The predicted molar refractivity (Wildman–Crippen MR) is 111 cm³/mol. The number of halogens is 2. The molecule has 0 bridgehead atoms. The van der Waals surface area contributed by atoms with Crippen molar-refractivity contribution >= 4 is 29.2 Å². The van der Waals surface area contributed by atoms with Gasteiger partial charge in [-0.25, -0.2) is 0 Å². The van der Waals surface area contributed by atoms with Crippen LogP contribution in [0.4, 0.5) is 0 Å². The fourth-order valence-corrected chi connectivity index (χ4v) is 3.48. The number of benzene rings is 3. The zero-order valence-corrected chi connectivity index (χ0v) is 16.6. The highest BCUT2D eigenvalue weighted by molar-refractivity contribution is 6.37. The van der Waals surface area contributed by atoms with E-state index in [9.17, 15) is 9.90 Å². The second-order valence-corrected chi connectivity index (χ2v) is 7.11. The molecule has 0 unspecified atom stereocenters. The number of phenols is 1. The van der Waals surface area contributed by atoms with Crippen LogP contribution in [-0.2, 0) is 17.6 Å². The molecule has 0 atom stereocenters. The van der Waals surface area contributed by atoms with Crippen LogP contribution in [0.2, 0.25) is 10.0 Å². The van der Waals surface area contributed by atoms with Gasteiger partial charge in [0, 0.05) is 5.56 Å². The van der Waals surface area contributed by atoms with Gasteiger partial charge in [-0.2, -0.15) is 0 Å². The Labute approximate surface area is 172 Å². The Bertz CT molecular complexity index is 1010. The molecule has 28 heavy (non-hydrogen) atoms. The molecule has 0 aliphatic rings. The van der Waals surface area contributed by atoms with Crippen molar-refractivity contribution < 1.29 is 19.7 Å². The van der Waals surface area contributed by atoms with E-state index in [1.165, 1.54) is 12.1 Å². The maximum atomic E-state index is 10.9. The van der Waals surface area contributed by atoms with Crippen molar-refractivity contribution in [2.45, 2.75) is 19.8 Å². The minimum Gasteiger partial charge on any atom is -0.507 e. The fraction of sp³-hybridized carbons (Fsp3) is 0.136. The summed E-state index contributed by atoms with van der Waals surface area (Å²) in [5.74, 6) is -0.159. The van der Waals surface area contributed by atoms with Gasteiger partial charge in [-0.3, -0.25) is 4.79 Å². The van der Waals surface area contributed by atoms with Crippen molar-refractivity contribution in [1.82, 2.24) is 0 Å². The Hall–Kier alpha value is -2.69. The van der Waals surface area contributed by atoms with Crippen LogP contribution in [0.5, 0.6) is 17.2 Å². The number of rotatable bonds is 6. The van der Waals surface area contributed by atoms with Gasteiger partial charge in [0.05, 0.1) is 16.5 Å². The molecular weight excluding hydrogens is 399 g/mol. The van der Waals surface area contributed by atoms with Gasteiger partial charge in [-0.15, -0.1) is 0 Å². The molecule has 0 saturated heterocycles. The normalized spacial score (nSPS) is 10.7. The van der Waals surface area contributed by atoms with Gasteiger partial charge in [0.15, 0.2) is 5.75 Å². The third kappa shape index (κ3) is 4.58. The molecule has 0 aliphatic carbocycles. The van der Waals surface area contributed by atoms with Crippen LogP contribution in [0, 0.1) is 0 Å². The molecule has 0 saturated carbocycles. The van der Waals surface area contributed by atoms with Gasteiger partial charge in [-0.05, 0) is 53.4 Å². The van der Waals surface area contributed by atoms with E-state index in [2.05, 4.69) is 6.92 Å². The first-order valence-corrected chi connectivity index (χ1v) is 9.43. The standard InChI is InChI=1S/C22H18Cl2O4/c1-2-13-4-3-5-15(8-13)17-12-16(6-7-20(17)25)28-22-18(23)9-14(10-19(22)24)11-21(26)27/h3-10,12,25H,2,11H2,1H3,(H,26,27). The summed E-state index contributed by atoms with van der Waals surface area (Å²) in [5.41, 5.74) is 3.14. The van der Waals surface area contributed by atoms with E-state index in [1.807, 2.05) is 24.3 Å². The molecule has 0 amide bonds. The number of ether oxygens (including phenoxy) is 1. The summed E-state index contributed by atoms with van der Waals surface area (Å²) < 4.78 is 5.85. The van der Waals surface area contributed by atoms with Crippen molar-refractivity contribution in [3.8, 4) is 28.4 Å². The van der Waals surface area contributed by atoms with E-state index >= 15 is 0 Å². The zero-order valence-electron chi connectivity index (χ0n) is 15.1. The lowest BCUT2D eigenvalue weighted by molar-refractivity contribution is -0.136. The summed E-state index contributed by atoms with van der Waals surface area (Å²) in [6.45, 7) is 2.07. The molecule has 3 aromatic rings. The van der Waals surface area contributed by atoms with Gasteiger partial charge in [0.25, 0.3) is 0 Å². The van der Waals surface area contributed by atoms with E-state index in [-0.39, 0.29) is 28.0 Å². The van der Waals surface area contributed by atoms with Crippen molar-refractivity contribution in [1.29, 1.82) is 0 Å². The summed E-state index contributed by atoms with van der Waals surface area (Å²) in [7, 11) is 0. The molecule has 144 valence electrons. The number of hydrogen-bond donors (Lipinski definition) is 2. The molecule has 0 spiro atoms. The molecule has 3 aromatic carbocycles. The van der Waals surface area contributed by atoms with Crippen molar-refractivity contribution in [3.63, 3.8) is 0 Å². The number of carbonyl (C=O) groups is 1.